The van der Waals surface area contributed by atoms with Crippen LogP contribution in [0.25, 0.3) is 0 Å². The van der Waals surface area contributed by atoms with Gasteiger partial charge in [-0.2, -0.15) is 18.4 Å². The van der Waals surface area contributed by atoms with E-state index in [-0.39, 0.29) is 11.7 Å². The van der Waals surface area contributed by atoms with E-state index in [2.05, 4.69) is 4.99 Å². The molecule has 18 heavy (non-hydrogen) atoms. The minimum absolute atomic E-state index is 0.335. The molecule has 3 nitrogen and oxygen atoms in total. The molecule has 1 rings (SSSR count). The third kappa shape index (κ3) is 2.90. The van der Waals surface area contributed by atoms with Crippen LogP contribution < -0.4 is 5.73 Å². The van der Waals surface area contributed by atoms with Gasteiger partial charge in [-0.15, -0.1) is 11.6 Å². The van der Waals surface area contributed by atoms with Crippen LogP contribution in [0, 0.1) is 17.1 Å². The van der Waals surface area contributed by atoms with E-state index in [1.807, 2.05) is 0 Å². The number of nitrogens with zero attached hydrogens (tertiary/aromatic N) is 2. The molecule has 1 aromatic carbocycles. The van der Waals surface area contributed by atoms with Crippen molar-refractivity contribution < 1.29 is 17.6 Å². The van der Waals surface area contributed by atoms with Crippen molar-refractivity contribution in [1.82, 2.24) is 0 Å². The first kappa shape index (κ1) is 14.3. The van der Waals surface area contributed by atoms with Gasteiger partial charge in [0.05, 0.1) is 17.1 Å². The first-order valence-corrected chi connectivity index (χ1v) is 5.03. The molecule has 2 N–H and O–H groups in total. The topological polar surface area (TPSA) is 62.2 Å². The second-order valence-electron chi connectivity index (χ2n) is 3.16. The van der Waals surface area contributed by atoms with Crippen molar-refractivity contribution >= 4 is 23.1 Å². The summed E-state index contributed by atoms with van der Waals surface area (Å²) in [5.74, 6) is -2.20. The Hall–Kier alpha value is -1.81. The van der Waals surface area contributed by atoms with Gasteiger partial charge in [0, 0.05) is 0 Å². The molecule has 0 amide bonds. The van der Waals surface area contributed by atoms with Crippen LogP contribution >= 0.6 is 11.6 Å². The van der Waals surface area contributed by atoms with Crippen molar-refractivity contribution in [3.05, 3.63) is 29.1 Å². The van der Waals surface area contributed by atoms with Crippen LogP contribution in [0.3, 0.4) is 0 Å². The SMILES string of the molecule is N#Cc1ccc(F)c(C(F)(F)F)c1N=C(N)CCl. The summed E-state index contributed by atoms with van der Waals surface area (Å²) in [6.07, 6.45) is -4.98. The lowest BCUT2D eigenvalue weighted by atomic mass is 10.1. The summed E-state index contributed by atoms with van der Waals surface area (Å²) in [4.78, 5) is 3.36. The second kappa shape index (κ2) is 5.23. The first-order valence-electron chi connectivity index (χ1n) is 4.50. The van der Waals surface area contributed by atoms with Gasteiger partial charge in [0.2, 0.25) is 0 Å². The molecule has 0 aromatic heterocycles. The lowest BCUT2D eigenvalue weighted by molar-refractivity contribution is -0.139. The van der Waals surface area contributed by atoms with E-state index in [1.54, 1.807) is 0 Å². The highest BCUT2D eigenvalue weighted by Gasteiger charge is 2.38. The van der Waals surface area contributed by atoms with Crippen LogP contribution in [0.15, 0.2) is 17.1 Å². The summed E-state index contributed by atoms with van der Waals surface area (Å²) in [5.41, 5.74) is 2.29. The molecule has 0 spiro atoms. The van der Waals surface area contributed by atoms with Gasteiger partial charge in [-0.1, -0.05) is 0 Å². The highest BCUT2D eigenvalue weighted by Crippen LogP contribution is 2.40. The summed E-state index contributed by atoms with van der Waals surface area (Å²) >= 11 is 5.29. The largest absolute Gasteiger partial charge is 0.421 e. The molecule has 0 bridgehead atoms. The summed E-state index contributed by atoms with van der Waals surface area (Å²) in [6.45, 7) is 0. The number of hydrogen-bond donors (Lipinski definition) is 1. The molecular weight excluding hydrogens is 274 g/mol. The Bertz CT molecular complexity index is 531. The quantitative estimate of drug-likeness (QED) is 0.391. The molecule has 0 aliphatic carbocycles. The third-order valence-electron chi connectivity index (χ3n) is 1.92. The average molecular weight is 280 g/mol. The van der Waals surface area contributed by atoms with Gasteiger partial charge in [0.15, 0.2) is 0 Å². The van der Waals surface area contributed by atoms with Gasteiger partial charge < -0.3 is 5.73 Å². The number of benzene rings is 1. The monoisotopic (exact) mass is 279 g/mol. The first-order chi connectivity index (χ1) is 8.31. The van der Waals surface area contributed by atoms with E-state index in [0.29, 0.717) is 6.07 Å². The van der Waals surface area contributed by atoms with Gasteiger partial charge in [0.25, 0.3) is 0 Å². The molecule has 0 radical (unpaired) electrons. The second-order valence-corrected chi connectivity index (χ2v) is 3.43. The lowest BCUT2D eigenvalue weighted by Gasteiger charge is -2.12. The molecule has 0 aliphatic heterocycles. The molecule has 0 saturated heterocycles. The Balaban J connectivity index is 3.64. The molecule has 0 atom stereocenters. The predicted octanol–water partition coefficient (Wildman–Crippen LogP) is 2.94. The maximum Gasteiger partial charge on any atom is 0.421 e. The minimum atomic E-state index is -4.98. The Morgan fingerprint density at radius 2 is 2.06 bits per heavy atom. The van der Waals surface area contributed by atoms with Crippen LogP contribution in [0.2, 0.25) is 0 Å². The molecular formula is C10H6ClF4N3. The van der Waals surface area contributed by atoms with E-state index >= 15 is 0 Å². The van der Waals surface area contributed by atoms with E-state index in [0.717, 1.165) is 6.07 Å². The number of hydrogen-bond acceptors (Lipinski definition) is 2. The third-order valence-corrected chi connectivity index (χ3v) is 2.20. The van der Waals surface area contributed by atoms with E-state index in [4.69, 9.17) is 22.6 Å². The summed E-state index contributed by atoms with van der Waals surface area (Å²) in [6, 6.07) is 2.94. The van der Waals surface area contributed by atoms with Crippen LogP contribution in [-0.2, 0) is 6.18 Å². The zero-order chi connectivity index (χ0) is 13.9. The van der Waals surface area contributed by atoms with Crippen LogP contribution in [0.5, 0.6) is 0 Å². The number of nitrogens with two attached hydrogens (primary N) is 1. The molecule has 0 aliphatic rings. The predicted molar refractivity (Wildman–Crippen MR) is 58.1 cm³/mol. The smallest absolute Gasteiger partial charge is 0.386 e. The van der Waals surface area contributed by atoms with Gasteiger partial charge in [-0.25, -0.2) is 9.38 Å². The highest BCUT2D eigenvalue weighted by molar-refractivity contribution is 6.28. The highest BCUT2D eigenvalue weighted by atomic mass is 35.5. The van der Waals surface area contributed by atoms with Crippen molar-refractivity contribution in [3.8, 4) is 6.07 Å². The fourth-order valence-corrected chi connectivity index (χ4v) is 1.28. The van der Waals surface area contributed by atoms with Crippen molar-refractivity contribution in [1.29, 1.82) is 5.26 Å². The van der Waals surface area contributed by atoms with Gasteiger partial charge in [-0.3, -0.25) is 0 Å². The maximum absolute atomic E-state index is 13.2. The normalized spacial score (nSPS) is 12.3. The van der Waals surface area contributed by atoms with Crippen molar-refractivity contribution in [2.45, 2.75) is 6.18 Å². The van der Waals surface area contributed by atoms with E-state index < -0.39 is 28.8 Å². The standard InChI is InChI=1S/C10H6ClF4N3/c11-3-7(17)18-9-5(4-16)1-2-6(12)8(9)10(13,14)15/h1-2H,3H2,(H2,17,18). The van der Waals surface area contributed by atoms with Crippen LogP contribution in [0.4, 0.5) is 23.2 Å². The van der Waals surface area contributed by atoms with Gasteiger partial charge in [-0.05, 0) is 12.1 Å². The number of amidine groups is 1. The summed E-state index contributed by atoms with van der Waals surface area (Å²) in [7, 11) is 0. The van der Waals surface area contributed by atoms with Gasteiger partial charge in [0.1, 0.15) is 23.3 Å². The molecule has 0 saturated carbocycles. The van der Waals surface area contributed by atoms with Crippen LogP contribution in [0.1, 0.15) is 11.1 Å². The number of halogens is 5. The molecule has 1 aromatic rings. The number of rotatable bonds is 2. The summed E-state index contributed by atoms with van der Waals surface area (Å²) < 4.78 is 51.3. The zero-order valence-electron chi connectivity index (χ0n) is 8.72. The molecule has 8 heteroatoms. The minimum Gasteiger partial charge on any atom is -0.386 e. The number of alkyl halides is 4. The van der Waals surface area contributed by atoms with Gasteiger partial charge >= 0.3 is 6.18 Å². The number of nitriles is 1. The van der Waals surface area contributed by atoms with Crippen molar-refractivity contribution in [3.63, 3.8) is 0 Å². The van der Waals surface area contributed by atoms with E-state index in [9.17, 15) is 17.6 Å². The zero-order valence-corrected chi connectivity index (χ0v) is 9.48. The Kier molecular flexibility index (Phi) is 4.14. The Morgan fingerprint density at radius 3 is 2.50 bits per heavy atom. The molecule has 0 unspecified atom stereocenters. The average Bonchev–Trinajstić information content (AvgIpc) is 2.27. The lowest BCUT2D eigenvalue weighted by Crippen LogP contribution is -2.15. The Labute approximate surface area is 104 Å². The fraction of sp³-hybridized carbons (Fsp3) is 0.200. The fourth-order valence-electron chi connectivity index (χ4n) is 1.22. The molecule has 0 fully saturated rings. The Morgan fingerprint density at radius 1 is 1.44 bits per heavy atom. The van der Waals surface area contributed by atoms with Crippen molar-refractivity contribution in [2.24, 2.45) is 10.7 Å². The van der Waals surface area contributed by atoms with E-state index in [1.165, 1.54) is 6.07 Å². The van der Waals surface area contributed by atoms with Crippen LogP contribution in [-0.4, -0.2) is 11.7 Å². The van der Waals surface area contributed by atoms with Crippen molar-refractivity contribution in [2.75, 3.05) is 5.88 Å². The molecule has 96 valence electrons. The maximum atomic E-state index is 13.2. The summed E-state index contributed by atoms with van der Waals surface area (Å²) in [5, 5.41) is 8.70. The number of aliphatic imine (C=N–C) groups is 1. The molecule has 0 heterocycles.